The van der Waals surface area contributed by atoms with Crippen molar-refractivity contribution in [2.45, 2.75) is 19.6 Å². The van der Waals surface area contributed by atoms with Gasteiger partial charge in [-0.25, -0.2) is 0 Å². The molecule has 102 valence electrons. The fraction of sp³-hybridized carbons (Fsp3) is 0.533. The number of likely N-dealkylation sites (N-methyl/N-ethyl adjacent to an activating group) is 1. The summed E-state index contributed by atoms with van der Waals surface area (Å²) in [5.41, 5.74) is 3.12. The standard InChI is InChI=1S/C15H21N3O/c1-12-7-13(8-16)3-4-14(12)9-17-10-15-11-18(2)5-6-19-15/h3-4,7,15,17H,5-6,9-11H2,1-2H3. The maximum Gasteiger partial charge on any atom is 0.0991 e. The Morgan fingerprint density at radius 3 is 3.05 bits per heavy atom. The van der Waals surface area contributed by atoms with Crippen LogP contribution in [0.1, 0.15) is 16.7 Å². The smallest absolute Gasteiger partial charge is 0.0991 e. The van der Waals surface area contributed by atoms with E-state index < -0.39 is 0 Å². The molecule has 4 heteroatoms. The van der Waals surface area contributed by atoms with E-state index in [1.165, 1.54) is 5.56 Å². The van der Waals surface area contributed by atoms with Crippen LogP contribution in [0.2, 0.25) is 0 Å². The lowest BCUT2D eigenvalue weighted by Crippen LogP contribution is -2.44. The predicted octanol–water partition coefficient (Wildman–Crippen LogP) is 1.29. The number of benzene rings is 1. The van der Waals surface area contributed by atoms with Crippen LogP contribution in [-0.2, 0) is 11.3 Å². The number of hydrogen-bond donors (Lipinski definition) is 1. The van der Waals surface area contributed by atoms with Crippen molar-refractivity contribution in [1.82, 2.24) is 10.2 Å². The molecule has 19 heavy (non-hydrogen) atoms. The summed E-state index contributed by atoms with van der Waals surface area (Å²) in [4.78, 5) is 2.29. The Labute approximate surface area is 115 Å². The normalized spacial score (nSPS) is 20.2. The Kier molecular flexibility index (Phi) is 4.92. The van der Waals surface area contributed by atoms with Crippen LogP contribution in [-0.4, -0.2) is 44.3 Å². The van der Waals surface area contributed by atoms with Crippen LogP contribution in [0.5, 0.6) is 0 Å². The zero-order valence-corrected chi connectivity index (χ0v) is 11.6. The summed E-state index contributed by atoms with van der Waals surface area (Å²) in [5, 5.41) is 12.3. The third kappa shape index (κ3) is 4.03. The Balaban J connectivity index is 1.81. The van der Waals surface area contributed by atoms with E-state index >= 15 is 0 Å². The van der Waals surface area contributed by atoms with Gasteiger partial charge in [-0.2, -0.15) is 5.26 Å². The van der Waals surface area contributed by atoms with Crippen LogP contribution in [0.3, 0.4) is 0 Å². The minimum Gasteiger partial charge on any atom is -0.374 e. The van der Waals surface area contributed by atoms with Gasteiger partial charge in [0.1, 0.15) is 0 Å². The predicted molar refractivity (Wildman–Crippen MR) is 74.8 cm³/mol. The van der Waals surface area contributed by atoms with Crippen molar-refractivity contribution in [2.24, 2.45) is 0 Å². The summed E-state index contributed by atoms with van der Waals surface area (Å²) in [6, 6.07) is 7.99. The number of morpholine rings is 1. The summed E-state index contributed by atoms with van der Waals surface area (Å²) < 4.78 is 5.71. The molecule has 0 amide bonds. The van der Waals surface area contributed by atoms with Gasteiger partial charge >= 0.3 is 0 Å². The van der Waals surface area contributed by atoms with Gasteiger partial charge in [-0.05, 0) is 37.2 Å². The number of nitrogens with one attached hydrogen (secondary N) is 1. The molecule has 1 unspecified atom stereocenters. The van der Waals surface area contributed by atoms with E-state index in [9.17, 15) is 0 Å². The van der Waals surface area contributed by atoms with Crippen LogP contribution in [0, 0.1) is 18.3 Å². The van der Waals surface area contributed by atoms with Crippen molar-refractivity contribution in [3.05, 3.63) is 34.9 Å². The molecule has 1 saturated heterocycles. The molecule has 1 heterocycles. The van der Waals surface area contributed by atoms with Crippen LogP contribution >= 0.6 is 0 Å². The Hall–Kier alpha value is -1.41. The second kappa shape index (κ2) is 6.67. The first-order valence-electron chi connectivity index (χ1n) is 6.69. The van der Waals surface area contributed by atoms with Crippen molar-refractivity contribution >= 4 is 0 Å². The molecule has 1 atom stereocenters. The highest BCUT2D eigenvalue weighted by atomic mass is 16.5. The molecular formula is C15H21N3O. The van der Waals surface area contributed by atoms with E-state index in [0.29, 0.717) is 0 Å². The van der Waals surface area contributed by atoms with E-state index in [2.05, 4.69) is 23.3 Å². The first-order chi connectivity index (χ1) is 9.19. The number of nitrogens with zero attached hydrogens (tertiary/aromatic N) is 2. The highest BCUT2D eigenvalue weighted by Crippen LogP contribution is 2.10. The van der Waals surface area contributed by atoms with Gasteiger partial charge in [-0.1, -0.05) is 6.07 Å². The topological polar surface area (TPSA) is 48.3 Å². The molecular weight excluding hydrogens is 238 g/mol. The summed E-state index contributed by atoms with van der Waals surface area (Å²) in [7, 11) is 2.13. The first-order valence-corrected chi connectivity index (χ1v) is 6.69. The molecule has 1 aromatic rings. The minimum absolute atomic E-state index is 0.275. The summed E-state index contributed by atoms with van der Waals surface area (Å²) >= 11 is 0. The van der Waals surface area contributed by atoms with E-state index in [0.717, 1.165) is 43.9 Å². The lowest BCUT2D eigenvalue weighted by atomic mass is 10.1. The quantitative estimate of drug-likeness (QED) is 0.885. The van der Waals surface area contributed by atoms with Crippen LogP contribution < -0.4 is 5.32 Å². The van der Waals surface area contributed by atoms with Crippen molar-refractivity contribution in [3.63, 3.8) is 0 Å². The molecule has 1 aliphatic rings. The SMILES string of the molecule is Cc1cc(C#N)ccc1CNCC1CN(C)CCO1. The van der Waals surface area contributed by atoms with E-state index in [1.54, 1.807) is 0 Å². The fourth-order valence-electron chi connectivity index (χ4n) is 2.32. The van der Waals surface area contributed by atoms with E-state index in [1.807, 2.05) is 25.1 Å². The number of ether oxygens (including phenoxy) is 1. The summed E-state index contributed by atoms with van der Waals surface area (Å²) in [5.74, 6) is 0. The molecule has 1 aliphatic heterocycles. The van der Waals surface area contributed by atoms with Crippen LogP contribution in [0.25, 0.3) is 0 Å². The van der Waals surface area contributed by atoms with Gasteiger partial charge in [0.15, 0.2) is 0 Å². The second-order valence-electron chi connectivity index (χ2n) is 5.14. The number of nitriles is 1. The van der Waals surface area contributed by atoms with Crippen LogP contribution in [0.15, 0.2) is 18.2 Å². The number of aryl methyl sites for hydroxylation is 1. The Morgan fingerprint density at radius 2 is 2.37 bits per heavy atom. The monoisotopic (exact) mass is 259 g/mol. The molecule has 0 aliphatic carbocycles. The largest absolute Gasteiger partial charge is 0.374 e. The maximum atomic E-state index is 8.84. The molecule has 0 saturated carbocycles. The highest BCUT2D eigenvalue weighted by Gasteiger charge is 2.16. The van der Waals surface area contributed by atoms with Crippen molar-refractivity contribution in [1.29, 1.82) is 5.26 Å². The zero-order chi connectivity index (χ0) is 13.7. The average Bonchev–Trinajstić information content (AvgIpc) is 2.40. The minimum atomic E-state index is 0.275. The molecule has 0 spiro atoms. The van der Waals surface area contributed by atoms with Crippen LogP contribution in [0.4, 0.5) is 0 Å². The number of hydrogen-bond acceptors (Lipinski definition) is 4. The van der Waals surface area contributed by atoms with E-state index in [-0.39, 0.29) is 6.10 Å². The van der Waals surface area contributed by atoms with Gasteiger partial charge in [0.2, 0.25) is 0 Å². The molecule has 4 nitrogen and oxygen atoms in total. The molecule has 0 aromatic heterocycles. The van der Waals surface area contributed by atoms with Crippen molar-refractivity contribution < 1.29 is 4.74 Å². The van der Waals surface area contributed by atoms with Gasteiger partial charge in [0.25, 0.3) is 0 Å². The molecule has 2 rings (SSSR count). The van der Waals surface area contributed by atoms with Gasteiger partial charge in [-0.15, -0.1) is 0 Å². The average molecular weight is 259 g/mol. The van der Waals surface area contributed by atoms with Crippen molar-refractivity contribution in [2.75, 3.05) is 33.3 Å². The van der Waals surface area contributed by atoms with Gasteiger partial charge in [0.05, 0.1) is 24.3 Å². The lowest BCUT2D eigenvalue weighted by Gasteiger charge is -2.30. The lowest BCUT2D eigenvalue weighted by molar-refractivity contribution is -0.0182. The van der Waals surface area contributed by atoms with E-state index in [4.69, 9.17) is 10.00 Å². The molecule has 0 bridgehead atoms. The Morgan fingerprint density at radius 1 is 1.53 bits per heavy atom. The molecule has 1 aromatic carbocycles. The maximum absolute atomic E-state index is 8.84. The zero-order valence-electron chi connectivity index (χ0n) is 11.6. The summed E-state index contributed by atoms with van der Waals surface area (Å²) in [6.07, 6.45) is 0.275. The van der Waals surface area contributed by atoms with Crippen molar-refractivity contribution in [3.8, 4) is 6.07 Å². The first kappa shape index (κ1) is 14.0. The third-order valence-electron chi connectivity index (χ3n) is 3.50. The Bertz CT molecular complexity index is 467. The molecule has 0 radical (unpaired) electrons. The van der Waals surface area contributed by atoms with Gasteiger partial charge in [0, 0.05) is 26.2 Å². The fourth-order valence-corrected chi connectivity index (χ4v) is 2.32. The van der Waals surface area contributed by atoms with Gasteiger partial charge in [-0.3, -0.25) is 0 Å². The molecule has 1 fully saturated rings. The third-order valence-corrected chi connectivity index (χ3v) is 3.50. The molecule has 1 N–H and O–H groups in total. The summed E-state index contributed by atoms with van der Waals surface area (Å²) in [6.45, 7) is 6.55. The second-order valence-corrected chi connectivity index (χ2v) is 5.14. The number of rotatable bonds is 4. The van der Waals surface area contributed by atoms with Gasteiger partial charge < -0.3 is 15.0 Å². The highest BCUT2D eigenvalue weighted by molar-refractivity contribution is 5.37.